The molecule has 1 aromatic carbocycles. The SMILES string of the molecule is CCn1nc(C(C)C)cc1C(=O)N1CCCC(O)(COc2ccccc2)CC1. The van der Waals surface area contributed by atoms with Crippen molar-refractivity contribution in [1.82, 2.24) is 14.7 Å². The minimum Gasteiger partial charge on any atom is -0.491 e. The molecule has 2 heterocycles. The van der Waals surface area contributed by atoms with Crippen LogP contribution in [0.1, 0.15) is 62.1 Å². The highest BCUT2D eigenvalue weighted by Crippen LogP contribution is 2.25. The van der Waals surface area contributed by atoms with Crippen LogP contribution in [0.3, 0.4) is 0 Å². The molecule has 0 bridgehead atoms. The number of amides is 1. The molecular weight excluding hydrogens is 354 g/mol. The van der Waals surface area contributed by atoms with E-state index < -0.39 is 5.60 Å². The van der Waals surface area contributed by atoms with E-state index in [0.29, 0.717) is 38.2 Å². The zero-order valence-electron chi connectivity index (χ0n) is 17.1. The molecule has 1 atom stereocenters. The predicted molar refractivity (Wildman–Crippen MR) is 109 cm³/mol. The van der Waals surface area contributed by atoms with Gasteiger partial charge >= 0.3 is 0 Å². The van der Waals surface area contributed by atoms with Gasteiger partial charge in [-0.25, -0.2) is 0 Å². The smallest absolute Gasteiger partial charge is 0.272 e. The van der Waals surface area contributed by atoms with E-state index >= 15 is 0 Å². The molecule has 6 nitrogen and oxygen atoms in total. The summed E-state index contributed by atoms with van der Waals surface area (Å²) in [7, 11) is 0. The Morgan fingerprint density at radius 3 is 2.68 bits per heavy atom. The number of aryl methyl sites for hydroxylation is 1. The van der Waals surface area contributed by atoms with E-state index in [1.54, 1.807) is 4.68 Å². The highest BCUT2D eigenvalue weighted by Gasteiger charge is 2.33. The van der Waals surface area contributed by atoms with Gasteiger partial charge in [0.1, 0.15) is 23.7 Å². The molecule has 1 aliphatic heterocycles. The molecule has 1 amide bonds. The molecule has 6 heteroatoms. The standard InChI is InChI=1S/C22H31N3O3/c1-4-25-20(15-19(23-25)17(2)3)21(26)24-13-8-11-22(27,12-14-24)16-28-18-9-6-5-7-10-18/h5-7,9-10,15,17,27H,4,8,11-14,16H2,1-3H3. The van der Waals surface area contributed by atoms with E-state index in [-0.39, 0.29) is 18.4 Å². The number of carbonyl (C=O) groups excluding carboxylic acids is 1. The molecule has 2 aromatic rings. The first-order chi connectivity index (χ1) is 13.4. The Labute approximate surface area is 167 Å². The van der Waals surface area contributed by atoms with Crippen molar-refractivity contribution in [3.8, 4) is 5.75 Å². The number of hydrogen-bond acceptors (Lipinski definition) is 4. The number of likely N-dealkylation sites (tertiary alicyclic amines) is 1. The summed E-state index contributed by atoms with van der Waals surface area (Å²) in [6.45, 7) is 8.21. The third-order valence-corrected chi connectivity index (χ3v) is 5.36. The first-order valence-corrected chi connectivity index (χ1v) is 10.2. The molecule has 1 N–H and O–H groups in total. The van der Waals surface area contributed by atoms with Gasteiger partial charge in [0.25, 0.3) is 5.91 Å². The number of rotatable bonds is 6. The molecule has 0 spiro atoms. The maximum atomic E-state index is 13.1. The van der Waals surface area contributed by atoms with Crippen molar-refractivity contribution in [2.45, 2.75) is 58.1 Å². The fourth-order valence-corrected chi connectivity index (χ4v) is 3.55. The average molecular weight is 386 g/mol. The minimum atomic E-state index is -0.918. The molecule has 1 saturated heterocycles. The van der Waals surface area contributed by atoms with Gasteiger partial charge in [0.2, 0.25) is 0 Å². The van der Waals surface area contributed by atoms with E-state index in [9.17, 15) is 9.90 Å². The molecule has 28 heavy (non-hydrogen) atoms. The fourth-order valence-electron chi connectivity index (χ4n) is 3.55. The second-order valence-electron chi connectivity index (χ2n) is 7.90. The number of carbonyl (C=O) groups is 1. The molecule has 1 aliphatic rings. The van der Waals surface area contributed by atoms with E-state index in [2.05, 4.69) is 18.9 Å². The van der Waals surface area contributed by atoms with Crippen molar-refractivity contribution in [3.63, 3.8) is 0 Å². The second kappa shape index (κ2) is 8.78. The molecule has 1 unspecified atom stereocenters. The lowest BCUT2D eigenvalue weighted by molar-refractivity contribution is -0.0163. The van der Waals surface area contributed by atoms with Crippen LogP contribution >= 0.6 is 0 Å². The van der Waals surface area contributed by atoms with Crippen molar-refractivity contribution in [2.24, 2.45) is 0 Å². The summed E-state index contributed by atoms with van der Waals surface area (Å²) < 4.78 is 7.57. The summed E-state index contributed by atoms with van der Waals surface area (Å²) >= 11 is 0. The van der Waals surface area contributed by atoms with Gasteiger partial charge in [0.05, 0.1) is 5.69 Å². The van der Waals surface area contributed by atoms with E-state index in [4.69, 9.17) is 4.74 Å². The highest BCUT2D eigenvalue weighted by molar-refractivity contribution is 5.92. The summed E-state index contributed by atoms with van der Waals surface area (Å²) in [4.78, 5) is 15.0. The lowest BCUT2D eigenvalue weighted by atomic mass is 9.96. The second-order valence-corrected chi connectivity index (χ2v) is 7.90. The van der Waals surface area contributed by atoms with Crippen LogP contribution in [0.15, 0.2) is 36.4 Å². The summed E-state index contributed by atoms with van der Waals surface area (Å²) in [6, 6.07) is 11.4. The Bertz CT molecular complexity index is 788. The summed E-state index contributed by atoms with van der Waals surface area (Å²) in [5.74, 6) is 1.03. The predicted octanol–water partition coefficient (Wildman–Crippen LogP) is 3.46. The van der Waals surface area contributed by atoms with Crippen molar-refractivity contribution in [3.05, 3.63) is 47.8 Å². The molecule has 1 fully saturated rings. The molecule has 0 radical (unpaired) electrons. The van der Waals surface area contributed by atoms with Crippen LogP contribution in [0.25, 0.3) is 0 Å². The number of nitrogens with zero attached hydrogens (tertiary/aromatic N) is 3. The molecular formula is C22H31N3O3. The number of para-hydroxylation sites is 1. The largest absolute Gasteiger partial charge is 0.491 e. The zero-order valence-corrected chi connectivity index (χ0v) is 17.1. The first kappa shape index (κ1) is 20.4. The lowest BCUT2D eigenvalue weighted by Crippen LogP contribution is -2.38. The summed E-state index contributed by atoms with van der Waals surface area (Å²) in [5.41, 5.74) is 0.656. The average Bonchev–Trinajstić information content (AvgIpc) is 3.05. The van der Waals surface area contributed by atoms with Crippen LogP contribution in [0.5, 0.6) is 5.75 Å². The van der Waals surface area contributed by atoms with Gasteiger partial charge in [0, 0.05) is 19.6 Å². The number of benzene rings is 1. The number of aromatic nitrogens is 2. The van der Waals surface area contributed by atoms with Gasteiger partial charge < -0.3 is 14.7 Å². The lowest BCUT2D eigenvalue weighted by Gasteiger charge is -2.27. The Hall–Kier alpha value is -2.34. The van der Waals surface area contributed by atoms with Crippen LogP contribution < -0.4 is 4.74 Å². The van der Waals surface area contributed by atoms with Crippen molar-refractivity contribution >= 4 is 5.91 Å². The maximum absolute atomic E-state index is 13.1. The van der Waals surface area contributed by atoms with Crippen LogP contribution in [0, 0.1) is 0 Å². The fraction of sp³-hybridized carbons (Fsp3) is 0.545. The monoisotopic (exact) mass is 385 g/mol. The topological polar surface area (TPSA) is 67.6 Å². The number of aliphatic hydroxyl groups is 1. The minimum absolute atomic E-state index is 0.00511. The van der Waals surface area contributed by atoms with Crippen LogP contribution in [0.4, 0.5) is 0 Å². The number of ether oxygens (including phenoxy) is 1. The van der Waals surface area contributed by atoms with Crippen LogP contribution in [0.2, 0.25) is 0 Å². The van der Waals surface area contributed by atoms with Crippen LogP contribution in [-0.2, 0) is 6.54 Å². The van der Waals surface area contributed by atoms with Crippen molar-refractivity contribution < 1.29 is 14.6 Å². The first-order valence-electron chi connectivity index (χ1n) is 10.2. The third kappa shape index (κ3) is 4.73. The highest BCUT2D eigenvalue weighted by atomic mass is 16.5. The Morgan fingerprint density at radius 2 is 2.00 bits per heavy atom. The molecule has 0 aliphatic carbocycles. The van der Waals surface area contributed by atoms with Gasteiger partial charge in [-0.1, -0.05) is 32.0 Å². The Kier molecular flexibility index (Phi) is 6.39. The van der Waals surface area contributed by atoms with Gasteiger partial charge in [-0.05, 0) is 50.3 Å². The van der Waals surface area contributed by atoms with Gasteiger partial charge in [-0.15, -0.1) is 0 Å². The quantitative estimate of drug-likeness (QED) is 0.827. The van der Waals surface area contributed by atoms with Gasteiger partial charge in [-0.3, -0.25) is 9.48 Å². The van der Waals surface area contributed by atoms with Gasteiger partial charge in [0.15, 0.2) is 0 Å². The Balaban J connectivity index is 1.65. The molecule has 0 saturated carbocycles. The van der Waals surface area contributed by atoms with E-state index in [0.717, 1.165) is 17.9 Å². The molecule has 1 aromatic heterocycles. The van der Waals surface area contributed by atoms with E-state index in [1.807, 2.05) is 48.2 Å². The zero-order chi connectivity index (χ0) is 20.1. The summed E-state index contributed by atoms with van der Waals surface area (Å²) in [6.07, 6.45) is 1.87. The van der Waals surface area contributed by atoms with Crippen molar-refractivity contribution in [1.29, 1.82) is 0 Å². The van der Waals surface area contributed by atoms with Crippen LogP contribution in [-0.4, -0.2) is 51.0 Å². The maximum Gasteiger partial charge on any atom is 0.272 e. The Morgan fingerprint density at radius 1 is 1.25 bits per heavy atom. The third-order valence-electron chi connectivity index (χ3n) is 5.36. The normalized spacial score (nSPS) is 20.2. The molecule has 3 rings (SSSR count). The molecule has 152 valence electrons. The summed E-state index contributed by atoms with van der Waals surface area (Å²) in [5, 5.41) is 15.5. The van der Waals surface area contributed by atoms with Gasteiger partial charge in [-0.2, -0.15) is 5.10 Å². The number of hydrogen-bond donors (Lipinski definition) is 1. The van der Waals surface area contributed by atoms with Crippen molar-refractivity contribution in [2.75, 3.05) is 19.7 Å². The van der Waals surface area contributed by atoms with E-state index in [1.165, 1.54) is 0 Å².